The first-order valence-electron chi connectivity index (χ1n) is 11.1. The third kappa shape index (κ3) is 6.21. The molecule has 0 aliphatic rings. The van der Waals surface area contributed by atoms with Gasteiger partial charge in [-0.25, -0.2) is 13.1 Å². The maximum Gasteiger partial charge on any atom is 0.233 e. The quantitative estimate of drug-likeness (QED) is 0.319. The fourth-order valence-corrected chi connectivity index (χ4v) is 4.69. The Balaban J connectivity index is 1.36. The molecular formula is C27H27N3O3S. The molecule has 0 spiro atoms. The highest BCUT2D eigenvalue weighted by molar-refractivity contribution is 7.92. The lowest BCUT2D eigenvalue weighted by Gasteiger charge is -2.18. The first-order chi connectivity index (χ1) is 16.5. The molecule has 6 nitrogen and oxygen atoms in total. The van der Waals surface area contributed by atoms with Crippen molar-refractivity contribution in [3.05, 3.63) is 113 Å². The summed E-state index contributed by atoms with van der Waals surface area (Å²) in [5.74, 6) is -0.248. The summed E-state index contributed by atoms with van der Waals surface area (Å²) >= 11 is 0. The Morgan fingerprint density at radius 3 is 2.35 bits per heavy atom. The van der Waals surface area contributed by atoms with Crippen LogP contribution in [0.2, 0.25) is 0 Å². The highest BCUT2D eigenvalue weighted by Crippen LogP contribution is 2.30. The summed E-state index contributed by atoms with van der Waals surface area (Å²) in [4.78, 5) is 15.8. The fourth-order valence-electron chi connectivity index (χ4n) is 3.87. The van der Waals surface area contributed by atoms with Gasteiger partial charge in [0.25, 0.3) is 0 Å². The van der Waals surface area contributed by atoms with E-state index in [1.807, 2.05) is 85.1 Å². The van der Waals surface area contributed by atoms with Crippen molar-refractivity contribution in [2.75, 3.05) is 13.1 Å². The lowest BCUT2D eigenvalue weighted by Crippen LogP contribution is -2.32. The molecule has 4 rings (SSSR count). The summed E-state index contributed by atoms with van der Waals surface area (Å²) in [6.45, 7) is 0.432. The Morgan fingerprint density at radius 2 is 1.59 bits per heavy atom. The summed E-state index contributed by atoms with van der Waals surface area (Å²) in [7, 11) is -3.62. The van der Waals surface area contributed by atoms with E-state index in [1.165, 1.54) is 6.08 Å². The number of aromatic amines is 1. The van der Waals surface area contributed by atoms with Gasteiger partial charge in [0.2, 0.25) is 15.9 Å². The highest BCUT2D eigenvalue weighted by atomic mass is 32.2. The Hall–Kier alpha value is -3.68. The predicted octanol–water partition coefficient (Wildman–Crippen LogP) is 4.40. The zero-order chi connectivity index (χ0) is 23.8. The van der Waals surface area contributed by atoms with E-state index < -0.39 is 10.0 Å². The molecular weight excluding hydrogens is 446 g/mol. The number of H-pyrrole nitrogens is 1. The van der Waals surface area contributed by atoms with Crippen LogP contribution < -0.4 is 10.0 Å². The third-order valence-electron chi connectivity index (χ3n) is 5.60. The van der Waals surface area contributed by atoms with Crippen molar-refractivity contribution in [3.8, 4) is 0 Å². The molecule has 1 amide bonds. The first kappa shape index (κ1) is 23.5. The average Bonchev–Trinajstić information content (AvgIpc) is 3.28. The molecule has 3 N–H and O–H groups in total. The minimum atomic E-state index is -3.62. The van der Waals surface area contributed by atoms with Crippen LogP contribution in [0.5, 0.6) is 0 Å². The molecule has 0 aliphatic heterocycles. The topological polar surface area (TPSA) is 91.1 Å². The van der Waals surface area contributed by atoms with E-state index in [0.29, 0.717) is 6.54 Å². The molecule has 1 heterocycles. The zero-order valence-electron chi connectivity index (χ0n) is 18.6. The second kappa shape index (κ2) is 11.0. The summed E-state index contributed by atoms with van der Waals surface area (Å²) in [6.07, 6.45) is 3.56. The van der Waals surface area contributed by atoms with Crippen molar-refractivity contribution in [3.63, 3.8) is 0 Å². The lowest BCUT2D eigenvalue weighted by atomic mass is 9.91. The van der Waals surface area contributed by atoms with E-state index in [0.717, 1.165) is 33.0 Å². The number of hydrogen-bond donors (Lipinski definition) is 3. The third-order valence-corrected chi connectivity index (χ3v) is 6.70. The van der Waals surface area contributed by atoms with E-state index in [-0.39, 0.29) is 24.8 Å². The minimum Gasteiger partial charge on any atom is -0.361 e. The van der Waals surface area contributed by atoms with Gasteiger partial charge < -0.3 is 10.3 Å². The maximum atomic E-state index is 12.5. The summed E-state index contributed by atoms with van der Waals surface area (Å²) in [6, 6.07) is 27.3. The van der Waals surface area contributed by atoms with Crippen LogP contribution in [-0.2, 0) is 14.8 Å². The van der Waals surface area contributed by atoms with Gasteiger partial charge >= 0.3 is 0 Å². The van der Waals surface area contributed by atoms with Gasteiger partial charge in [0.05, 0.1) is 0 Å². The predicted molar refractivity (Wildman–Crippen MR) is 137 cm³/mol. The van der Waals surface area contributed by atoms with Crippen LogP contribution in [0.25, 0.3) is 17.0 Å². The van der Waals surface area contributed by atoms with Gasteiger partial charge in [-0.3, -0.25) is 4.79 Å². The highest BCUT2D eigenvalue weighted by Gasteiger charge is 2.19. The molecule has 0 radical (unpaired) electrons. The van der Waals surface area contributed by atoms with Gasteiger partial charge in [-0.15, -0.1) is 0 Å². The largest absolute Gasteiger partial charge is 0.361 e. The van der Waals surface area contributed by atoms with Crippen molar-refractivity contribution >= 4 is 32.9 Å². The van der Waals surface area contributed by atoms with Crippen LogP contribution in [-0.4, -0.2) is 32.4 Å². The molecule has 7 heteroatoms. The molecule has 0 saturated heterocycles. The SMILES string of the molecule is O=C(CCNS(=O)(=O)/C=C/c1ccccc1)NCC(c1ccccc1)c1c[nH]c2ccccc12. The van der Waals surface area contributed by atoms with Crippen LogP contribution >= 0.6 is 0 Å². The molecule has 174 valence electrons. The van der Waals surface area contributed by atoms with Gasteiger partial charge in [0, 0.05) is 47.9 Å². The molecule has 3 aromatic carbocycles. The van der Waals surface area contributed by atoms with E-state index in [9.17, 15) is 13.2 Å². The monoisotopic (exact) mass is 473 g/mol. The number of aromatic nitrogens is 1. The van der Waals surface area contributed by atoms with Gasteiger partial charge in [-0.2, -0.15) is 0 Å². The molecule has 1 aromatic heterocycles. The van der Waals surface area contributed by atoms with Crippen molar-refractivity contribution in [1.82, 2.24) is 15.0 Å². The summed E-state index contributed by atoms with van der Waals surface area (Å²) in [5.41, 5.74) is 4.03. The van der Waals surface area contributed by atoms with Crippen LogP contribution in [0, 0.1) is 0 Å². The zero-order valence-corrected chi connectivity index (χ0v) is 19.5. The Labute approximate surface area is 199 Å². The number of amides is 1. The number of fused-ring (bicyclic) bond motifs is 1. The number of nitrogens with one attached hydrogen (secondary N) is 3. The Morgan fingerprint density at radius 1 is 0.912 bits per heavy atom. The lowest BCUT2D eigenvalue weighted by molar-refractivity contribution is -0.120. The molecule has 34 heavy (non-hydrogen) atoms. The van der Waals surface area contributed by atoms with E-state index in [2.05, 4.69) is 21.1 Å². The van der Waals surface area contributed by atoms with Crippen LogP contribution in [0.1, 0.15) is 29.0 Å². The van der Waals surface area contributed by atoms with Crippen LogP contribution in [0.4, 0.5) is 0 Å². The standard InChI is InChI=1S/C27H27N3O3S/c31-27(15-17-30-34(32,33)18-16-21-9-3-1-4-10-21)29-19-24(22-11-5-2-6-12-22)25-20-28-26-14-8-7-13-23(25)26/h1-14,16,18,20,24,28,30H,15,17,19H2,(H,29,31)/b18-16+. The first-order valence-corrected chi connectivity index (χ1v) is 12.7. The second-order valence-electron chi connectivity index (χ2n) is 7.96. The summed E-state index contributed by atoms with van der Waals surface area (Å²) < 4.78 is 26.8. The minimum absolute atomic E-state index is 0.0242. The number of rotatable bonds is 10. The molecule has 1 atom stereocenters. The molecule has 0 bridgehead atoms. The second-order valence-corrected chi connectivity index (χ2v) is 9.61. The van der Waals surface area contributed by atoms with Crippen molar-refractivity contribution < 1.29 is 13.2 Å². The van der Waals surface area contributed by atoms with Gasteiger partial charge in [-0.05, 0) is 28.8 Å². The fraction of sp³-hybridized carbons (Fsp3) is 0.148. The van der Waals surface area contributed by atoms with Gasteiger partial charge in [0.15, 0.2) is 0 Å². The number of carbonyl (C=O) groups is 1. The maximum absolute atomic E-state index is 12.5. The number of sulfonamides is 1. The molecule has 4 aromatic rings. The van der Waals surface area contributed by atoms with Crippen LogP contribution in [0.15, 0.2) is 96.5 Å². The Bertz CT molecular complexity index is 1360. The molecule has 1 unspecified atom stereocenters. The van der Waals surface area contributed by atoms with Crippen molar-refractivity contribution in [1.29, 1.82) is 0 Å². The average molecular weight is 474 g/mol. The van der Waals surface area contributed by atoms with Gasteiger partial charge in [-0.1, -0.05) is 78.9 Å². The smallest absolute Gasteiger partial charge is 0.233 e. The van der Waals surface area contributed by atoms with E-state index in [4.69, 9.17) is 0 Å². The molecule has 0 fully saturated rings. The van der Waals surface area contributed by atoms with E-state index in [1.54, 1.807) is 0 Å². The molecule has 0 saturated carbocycles. The van der Waals surface area contributed by atoms with Gasteiger partial charge in [0.1, 0.15) is 0 Å². The molecule has 0 aliphatic carbocycles. The van der Waals surface area contributed by atoms with E-state index >= 15 is 0 Å². The number of carbonyl (C=O) groups excluding carboxylic acids is 1. The number of para-hydroxylation sites is 1. The van der Waals surface area contributed by atoms with Crippen molar-refractivity contribution in [2.45, 2.75) is 12.3 Å². The number of benzene rings is 3. The van der Waals surface area contributed by atoms with Crippen LogP contribution in [0.3, 0.4) is 0 Å². The summed E-state index contributed by atoms with van der Waals surface area (Å²) in [5, 5.41) is 5.20. The van der Waals surface area contributed by atoms with Crippen molar-refractivity contribution in [2.24, 2.45) is 0 Å². The number of hydrogen-bond acceptors (Lipinski definition) is 3. The normalized spacial score (nSPS) is 12.7. The Kier molecular flexibility index (Phi) is 7.57.